The van der Waals surface area contributed by atoms with Crippen LogP contribution in [0.15, 0.2) is 88.6 Å². The lowest BCUT2D eigenvalue weighted by molar-refractivity contribution is -0.121. The Hall–Kier alpha value is -5.13. The van der Waals surface area contributed by atoms with Crippen molar-refractivity contribution in [2.75, 3.05) is 16.4 Å². The number of anilines is 2. The van der Waals surface area contributed by atoms with Crippen LogP contribution >= 0.6 is 22.9 Å². The number of fused-ring (bicyclic) bond motifs is 5. The molecule has 0 saturated carbocycles. The zero-order valence-corrected chi connectivity index (χ0v) is 25.1. The van der Waals surface area contributed by atoms with Gasteiger partial charge >= 0.3 is 5.97 Å². The van der Waals surface area contributed by atoms with Gasteiger partial charge in [-0.1, -0.05) is 72.0 Å². The number of carbonyl (C=O) groups excluding carboxylic acids is 3. The minimum atomic E-state index is -2.10. The normalized spacial score (nSPS) is 16.9. The van der Waals surface area contributed by atoms with E-state index in [1.807, 2.05) is 0 Å². The molecular formula is C33H21ClFN3O6S. The van der Waals surface area contributed by atoms with Crippen LogP contribution in [-0.2, 0) is 21.6 Å². The maximum atomic E-state index is 15.0. The Morgan fingerprint density at radius 1 is 1.13 bits per heavy atom. The minimum absolute atomic E-state index is 0.0121. The molecule has 0 saturated heterocycles. The van der Waals surface area contributed by atoms with Crippen molar-refractivity contribution in [3.63, 3.8) is 0 Å². The van der Waals surface area contributed by atoms with Gasteiger partial charge in [0.2, 0.25) is 5.76 Å². The third-order valence-corrected chi connectivity index (χ3v) is 9.36. The van der Waals surface area contributed by atoms with Gasteiger partial charge in [0, 0.05) is 10.6 Å². The summed E-state index contributed by atoms with van der Waals surface area (Å²) in [6.07, 6.45) is 1.41. The van der Waals surface area contributed by atoms with Crippen LogP contribution in [0.2, 0.25) is 5.02 Å². The average Bonchev–Trinajstić information content (AvgIpc) is 3.62. The second kappa shape index (κ2) is 10.5. The Bertz CT molecular complexity index is 2180. The first-order valence-electron chi connectivity index (χ1n) is 13.7. The summed E-state index contributed by atoms with van der Waals surface area (Å²) in [7, 11) is 0. The van der Waals surface area contributed by atoms with E-state index in [1.165, 1.54) is 17.0 Å². The van der Waals surface area contributed by atoms with Gasteiger partial charge in [-0.25, -0.2) is 14.2 Å². The number of nitrogens with zero attached hydrogens (tertiary/aromatic N) is 3. The summed E-state index contributed by atoms with van der Waals surface area (Å²) in [5, 5.41) is 0.246. The van der Waals surface area contributed by atoms with Crippen molar-refractivity contribution >= 4 is 62.5 Å². The van der Waals surface area contributed by atoms with E-state index in [0.717, 1.165) is 28.4 Å². The summed E-state index contributed by atoms with van der Waals surface area (Å²) in [6.45, 7) is 5.08. The van der Waals surface area contributed by atoms with Crippen molar-refractivity contribution < 1.29 is 27.9 Å². The molecule has 1 spiro atoms. The highest BCUT2D eigenvalue weighted by atomic mass is 35.5. The first-order chi connectivity index (χ1) is 21.7. The van der Waals surface area contributed by atoms with Crippen LogP contribution < -0.4 is 15.2 Å². The fourth-order valence-corrected chi connectivity index (χ4v) is 7.16. The number of esters is 1. The zero-order chi connectivity index (χ0) is 31.6. The quantitative estimate of drug-likeness (QED) is 0.162. The Morgan fingerprint density at radius 2 is 1.89 bits per heavy atom. The number of hydrogen-bond acceptors (Lipinski definition) is 8. The summed E-state index contributed by atoms with van der Waals surface area (Å²) in [4.78, 5) is 63.8. The number of benzene rings is 3. The van der Waals surface area contributed by atoms with Crippen LogP contribution in [0.4, 0.5) is 15.2 Å². The Balaban J connectivity index is 1.53. The number of carbonyl (C=O) groups is 3. The molecule has 2 aliphatic heterocycles. The number of para-hydroxylation sites is 1. The second-order valence-corrected chi connectivity index (χ2v) is 11.8. The molecule has 224 valence electrons. The summed E-state index contributed by atoms with van der Waals surface area (Å²) in [6, 6.07) is 17.1. The molecule has 0 N–H and O–H groups in total. The number of rotatable bonds is 6. The topological polar surface area (TPSA) is 110 Å². The van der Waals surface area contributed by atoms with E-state index in [4.69, 9.17) is 20.8 Å². The highest BCUT2D eigenvalue weighted by molar-refractivity contribution is 7.17. The van der Waals surface area contributed by atoms with E-state index >= 15 is 4.79 Å². The van der Waals surface area contributed by atoms with Crippen molar-refractivity contribution in [3.05, 3.63) is 133 Å². The Kier molecular flexibility index (Phi) is 6.68. The predicted molar refractivity (Wildman–Crippen MR) is 166 cm³/mol. The van der Waals surface area contributed by atoms with Crippen LogP contribution in [0.1, 0.15) is 42.6 Å². The average molecular weight is 642 g/mol. The lowest BCUT2D eigenvalue weighted by atomic mass is 9.84. The number of halogens is 2. The van der Waals surface area contributed by atoms with Gasteiger partial charge in [-0.3, -0.25) is 19.3 Å². The molecular weight excluding hydrogens is 621 g/mol. The van der Waals surface area contributed by atoms with Crippen molar-refractivity contribution in [1.29, 1.82) is 0 Å². The molecule has 5 aromatic rings. The van der Waals surface area contributed by atoms with Gasteiger partial charge in [0.05, 0.1) is 28.9 Å². The van der Waals surface area contributed by atoms with Crippen LogP contribution in [0.25, 0.3) is 11.0 Å². The van der Waals surface area contributed by atoms with Crippen LogP contribution in [0.5, 0.6) is 0 Å². The lowest BCUT2D eigenvalue weighted by Gasteiger charge is -2.32. The highest BCUT2D eigenvalue weighted by Gasteiger charge is 2.66. The first-order valence-corrected chi connectivity index (χ1v) is 14.9. The molecule has 9 nitrogen and oxygen atoms in total. The number of thiazole rings is 1. The molecule has 7 rings (SSSR count). The maximum Gasteiger partial charge on any atom is 0.350 e. The molecule has 2 aromatic heterocycles. The number of aryl methyl sites for hydroxylation is 1. The van der Waals surface area contributed by atoms with Gasteiger partial charge in [0.15, 0.2) is 16.1 Å². The summed E-state index contributed by atoms with van der Waals surface area (Å²) < 4.78 is 25.6. The van der Waals surface area contributed by atoms with E-state index < -0.39 is 34.6 Å². The monoisotopic (exact) mass is 641 g/mol. The number of amides is 2. The van der Waals surface area contributed by atoms with E-state index in [-0.39, 0.29) is 51.1 Å². The fourth-order valence-electron chi connectivity index (χ4n) is 5.96. The highest BCUT2D eigenvalue weighted by Crippen LogP contribution is 2.55. The van der Waals surface area contributed by atoms with Gasteiger partial charge in [0.1, 0.15) is 22.9 Å². The van der Waals surface area contributed by atoms with Gasteiger partial charge in [-0.05, 0) is 42.8 Å². The number of ether oxygens (including phenoxy) is 1. The van der Waals surface area contributed by atoms with Gasteiger partial charge < -0.3 is 14.1 Å². The van der Waals surface area contributed by atoms with Crippen LogP contribution in [0, 0.1) is 12.7 Å². The number of hydrogen-bond donors (Lipinski definition) is 0. The van der Waals surface area contributed by atoms with E-state index in [9.17, 15) is 18.8 Å². The molecule has 12 heteroatoms. The Morgan fingerprint density at radius 3 is 2.67 bits per heavy atom. The predicted octanol–water partition coefficient (Wildman–Crippen LogP) is 6.14. The van der Waals surface area contributed by atoms with E-state index in [1.54, 1.807) is 55.5 Å². The molecule has 0 fully saturated rings. The first kappa shape index (κ1) is 28.6. The van der Waals surface area contributed by atoms with Crippen molar-refractivity contribution in [2.24, 2.45) is 0 Å². The molecule has 2 amide bonds. The van der Waals surface area contributed by atoms with Crippen molar-refractivity contribution in [3.8, 4) is 0 Å². The molecule has 0 aliphatic carbocycles. The molecule has 1 atom stereocenters. The largest absolute Gasteiger partial charge is 0.457 e. The zero-order valence-electron chi connectivity index (χ0n) is 23.5. The minimum Gasteiger partial charge on any atom is -0.457 e. The molecule has 3 aromatic carbocycles. The Labute approximate surface area is 263 Å². The fraction of sp³-hybridized carbons (Fsp3) is 0.121. The van der Waals surface area contributed by atoms with Gasteiger partial charge in [0.25, 0.3) is 11.8 Å². The number of aromatic nitrogens is 1. The molecule has 0 bridgehead atoms. The van der Waals surface area contributed by atoms with Crippen molar-refractivity contribution in [2.45, 2.75) is 19.0 Å². The van der Waals surface area contributed by atoms with Crippen LogP contribution in [-0.4, -0.2) is 29.4 Å². The van der Waals surface area contributed by atoms with Gasteiger partial charge in [-0.2, -0.15) is 0 Å². The molecule has 1 unspecified atom stereocenters. The molecule has 45 heavy (non-hydrogen) atoms. The summed E-state index contributed by atoms with van der Waals surface area (Å²) in [5.41, 5.74) is -1.54. The van der Waals surface area contributed by atoms with Gasteiger partial charge in [-0.15, -0.1) is 0 Å². The smallest absolute Gasteiger partial charge is 0.350 e. The summed E-state index contributed by atoms with van der Waals surface area (Å²) >= 11 is 7.32. The van der Waals surface area contributed by atoms with E-state index in [0.29, 0.717) is 21.8 Å². The SMILES string of the molecule is C=CCOC(=O)c1sc(N2C(=O)c3oc4ccc(F)cc4c(=O)c3C23C(=O)N(Cc2ccccc2Cl)c2ccccc23)nc1C. The lowest BCUT2D eigenvalue weighted by Crippen LogP contribution is -2.53. The maximum absolute atomic E-state index is 15.0. The molecule has 0 radical (unpaired) electrons. The summed E-state index contributed by atoms with van der Waals surface area (Å²) in [5.74, 6) is -3.24. The molecule has 2 aliphatic rings. The second-order valence-electron chi connectivity index (χ2n) is 10.4. The van der Waals surface area contributed by atoms with Crippen molar-refractivity contribution in [1.82, 2.24) is 4.98 Å². The molecule has 4 heterocycles. The van der Waals surface area contributed by atoms with Crippen LogP contribution in [0.3, 0.4) is 0 Å². The van der Waals surface area contributed by atoms with E-state index in [2.05, 4.69) is 11.6 Å². The third kappa shape index (κ3) is 4.08. The third-order valence-electron chi connectivity index (χ3n) is 7.87. The standard InChI is InChI=1S/C33H21ClFN3O6S/c1-3-14-43-30(41)28-17(2)36-32(45-28)38-29(40)27-25(26(39)20-15-19(35)12-13-24(20)44-27)33(38)21-9-5-7-11-23(21)37(31(33)42)16-18-8-4-6-10-22(18)34/h3-13,15H,1,14,16H2,2H3.